The molecule has 0 saturated carbocycles. The summed E-state index contributed by atoms with van der Waals surface area (Å²) in [5, 5.41) is 11.4. The topological polar surface area (TPSA) is 75.6 Å². The molecular formula is C8H13NO4. The van der Waals surface area contributed by atoms with Gasteiger partial charge in [0.1, 0.15) is 0 Å². The zero-order valence-corrected chi connectivity index (χ0v) is 7.50. The summed E-state index contributed by atoms with van der Waals surface area (Å²) in [5.74, 6) is -1.30. The monoisotopic (exact) mass is 187 g/mol. The number of nitrogens with one attached hydrogen (secondary N) is 1. The molecule has 74 valence electrons. The average Bonchev–Trinajstić information content (AvgIpc) is 2.27. The Kier molecular flexibility index (Phi) is 2.87. The molecule has 5 heteroatoms. The lowest BCUT2D eigenvalue weighted by Gasteiger charge is -2.26. The Morgan fingerprint density at radius 2 is 2.46 bits per heavy atom. The quantitative estimate of drug-likeness (QED) is 0.625. The number of rotatable bonds is 2. The van der Waals surface area contributed by atoms with E-state index in [0.29, 0.717) is 13.0 Å². The summed E-state index contributed by atoms with van der Waals surface area (Å²) >= 11 is 0. The number of ether oxygens (including phenoxy) is 1. The number of hydrogen-bond acceptors (Lipinski definition) is 3. The summed E-state index contributed by atoms with van der Waals surface area (Å²) < 4.78 is 5.07. The van der Waals surface area contributed by atoms with E-state index in [4.69, 9.17) is 9.84 Å². The molecule has 0 spiro atoms. The maximum Gasteiger partial charge on any atom is 0.331 e. The Morgan fingerprint density at radius 3 is 3.00 bits per heavy atom. The standard InChI is InChI=1S/C8H13NO4/c1-2-8(7(11)12)5-13-4-3-6(10)9-8/h2-5H2,1H3,(H,9,10)(H,11,12). The van der Waals surface area contributed by atoms with Gasteiger partial charge < -0.3 is 15.2 Å². The van der Waals surface area contributed by atoms with E-state index in [2.05, 4.69) is 5.32 Å². The van der Waals surface area contributed by atoms with Crippen LogP contribution >= 0.6 is 0 Å². The van der Waals surface area contributed by atoms with E-state index < -0.39 is 11.5 Å². The van der Waals surface area contributed by atoms with Gasteiger partial charge in [-0.3, -0.25) is 4.79 Å². The number of amides is 1. The van der Waals surface area contributed by atoms with E-state index in [0.717, 1.165) is 0 Å². The van der Waals surface area contributed by atoms with Crippen LogP contribution in [0.5, 0.6) is 0 Å². The van der Waals surface area contributed by atoms with Gasteiger partial charge >= 0.3 is 5.97 Å². The molecule has 5 nitrogen and oxygen atoms in total. The lowest BCUT2D eigenvalue weighted by atomic mass is 9.97. The number of carbonyl (C=O) groups is 2. The molecule has 0 aromatic rings. The van der Waals surface area contributed by atoms with Crippen molar-refractivity contribution in [3.8, 4) is 0 Å². The van der Waals surface area contributed by atoms with Crippen molar-refractivity contribution in [2.24, 2.45) is 0 Å². The van der Waals surface area contributed by atoms with Crippen LogP contribution in [0.3, 0.4) is 0 Å². The van der Waals surface area contributed by atoms with Crippen LogP contribution in [0.2, 0.25) is 0 Å². The van der Waals surface area contributed by atoms with Gasteiger partial charge in [-0.05, 0) is 6.42 Å². The number of carbonyl (C=O) groups excluding carboxylic acids is 1. The van der Waals surface area contributed by atoms with Crippen molar-refractivity contribution in [1.29, 1.82) is 0 Å². The molecule has 1 atom stereocenters. The molecule has 1 aliphatic heterocycles. The second-order valence-electron chi connectivity index (χ2n) is 3.09. The molecule has 1 aliphatic rings. The minimum absolute atomic E-state index is 0.0462. The molecule has 1 rings (SSSR count). The first-order valence-corrected chi connectivity index (χ1v) is 4.23. The van der Waals surface area contributed by atoms with Gasteiger partial charge in [0.15, 0.2) is 5.54 Å². The maximum absolute atomic E-state index is 11.1. The fourth-order valence-corrected chi connectivity index (χ4v) is 1.23. The van der Waals surface area contributed by atoms with Crippen LogP contribution in [0.25, 0.3) is 0 Å². The van der Waals surface area contributed by atoms with E-state index in [9.17, 15) is 9.59 Å². The summed E-state index contributed by atoms with van der Waals surface area (Å²) in [4.78, 5) is 22.0. The van der Waals surface area contributed by atoms with Crippen LogP contribution in [0.1, 0.15) is 19.8 Å². The van der Waals surface area contributed by atoms with Crippen molar-refractivity contribution in [1.82, 2.24) is 5.32 Å². The smallest absolute Gasteiger partial charge is 0.331 e. The molecular weight excluding hydrogens is 174 g/mol. The van der Waals surface area contributed by atoms with E-state index >= 15 is 0 Å². The molecule has 1 fully saturated rings. The van der Waals surface area contributed by atoms with Crippen LogP contribution in [-0.4, -0.2) is 35.7 Å². The van der Waals surface area contributed by atoms with E-state index in [1.165, 1.54) is 0 Å². The highest BCUT2D eigenvalue weighted by Gasteiger charge is 2.40. The molecule has 1 amide bonds. The second-order valence-corrected chi connectivity index (χ2v) is 3.09. The fraction of sp³-hybridized carbons (Fsp3) is 0.750. The SMILES string of the molecule is CCC1(C(=O)O)COCCC(=O)N1. The molecule has 0 bridgehead atoms. The number of hydrogen-bond donors (Lipinski definition) is 2. The van der Waals surface area contributed by atoms with E-state index in [1.54, 1.807) is 6.92 Å². The summed E-state index contributed by atoms with van der Waals surface area (Å²) in [7, 11) is 0. The molecule has 0 aliphatic carbocycles. The summed E-state index contributed by atoms with van der Waals surface area (Å²) in [5.41, 5.74) is -1.23. The molecule has 2 N–H and O–H groups in total. The molecule has 0 radical (unpaired) electrons. The molecule has 0 aromatic carbocycles. The molecule has 0 aromatic heterocycles. The van der Waals surface area contributed by atoms with Gasteiger partial charge in [-0.25, -0.2) is 4.79 Å². The Labute approximate surface area is 76.1 Å². The Hall–Kier alpha value is -1.10. The summed E-state index contributed by atoms with van der Waals surface area (Å²) in [6.07, 6.45) is 0.559. The third-order valence-corrected chi connectivity index (χ3v) is 2.21. The Balaban J connectivity index is 2.82. The summed E-state index contributed by atoms with van der Waals surface area (Å²) in [6, 6.07) is 0. The maximum atomic E-state index is 11.1. The highest BCUT2D eigenvalue weighted by molar-refractivity contribution is 5.87. The highest BCUT2D eigenvalue weighted by atomic mass is 16.5. The lowest BCUT2D eigenvalue weighted by molar-refractivity contribution is -0.149. The fourth-order valence-electron chi connectivity index (χ4n) is 1.23. The van der Waals surface area contributed by atoms with Gasteiger partial charge in [0.25, 0.3) is 0 Å². The molecule has 13 heavy (non-hydrogen) atoms. The lowest BCUT2D eigenvalue weighted by Crippen LogP contribution is -2.55. The van der Waals surface area contributed by atoms with Crippen LogP contribution in [-0.2, 0) is 14.3 Å². The van der Waals surface area contributed by atoms with Crippen molar-refractivity contribution in [2.75, 3.05) is 13.2 Å². The summed E-state index contributed by atoms with van der Waals surface area (Å²) in [6.45, 7) is 2.05. The van der Waals surface area contributed by atoms with E-state index in [1.807, 2.05) is 0 Å². The van der Waals surface area contributed by atoms with Crippen LogP contribution in [0, 0.1) is 0 Å². The van der Waals surface area contributed by atoms with Crippen molar-refractivity contribution >= 4 is 11.9 Å². The van der Waals surface area contributed by atoms with E-state index in [-0.39, 0.29) is 18.9 Å². The zero-order chi connectivity index (χ0) is 9.90. The van der Waals surface area contributed by atoms with Gasteiger partial charge in [0.2, 0.25) is 5.91 Å². The second kappa shape index (κ2) is 3.74. The van der Waals surface area contributed by atoms with Gasteiger partial charge in [-0.1, -0.05) is 6.92 Å². The van der Waals surface area contributed by atoms with Crippen molar-refractivity contribution in [2.45, 2.75) is 25.3 Å². The van der Waals surface area contributed by atoms with Crippen molar-refractivity contribution in [3.63, 3.8) is 0 Å². The largest absolute Gasteiger partial charge is 0.479 e. The molecule has 1 heterocycles. The van der Waals surface area contributed by atoms with Gasteiger partial charge in [0.05, 0.1) is 13.2 Å². The number of carboxylic acid groups (broad SMARTS) is 1. The van der Waals surface area contributed by atoms with Crippen LogP contribution < -0.4 is 5.32 Å². The highest BCUT2D eigenvalue weighted by Crippen LogP contribution is 2.14. The van der Waals surface area contributed by atoms with Crippen molar-refractivity contribution < 1.29 is 19.4 Å². The van der Waals surface area contributed by atoms with Gasteiger partial charge in [0, 0.05) is 6.42 Å². The minimum Gasteiger partial charge on any atom is -0.479 e. The predicted octanol–water partition coefficient (Wildman–Crippen LogP) is -0.244. The normalized spacial score (nSPS) is 29.2. The first kappa shape index (κ1) is 9.98. The third-order valence-electron chi connectivity index (χ3n) is 2.21. The van der Waals surface area contributed by atoms with Gasteiger partial charge in [-0.15, -0.1) is 0 Å². The first-order chi connectivity index (χ1) is 6.10. The third kappa shape index (κ3) is 1.98. The Bertz CT molecular complexity index is 228. The number of aliphatic carboxylic acids is 1. The zero-order valence-electron chi connectivity index (χ0n) is 7.50. The van der Waals surface area contributed by atoms with Crippen LogP contribution in [0.4, 0.5) is 0 Å². The molecule has 1 unspecified atom stereocenters. The van der Waals surface area contributed by atoms with Crippen LogP contribution in [0.15, 0.2) is 0 Å². The Morgan fingerprint density at radius 1 is 1.77 bits per heavy atom. The first-order valence-electron chi connectivity index (χ1n) is 4.23. The van der Waals surface area contributed by atoms with Gasteiger partial charge in [-0.2, -0.15) is 0 Å². The average molecular weight is 187 g/mol. The molecule has 1 saturated heterocycles. The minimum atomic E-state index is -1.23. The predicted molar refractivity (Wildman–Crippen MR) is 44.2 cm³/mol. The van der Waals surface area contributed by atoms with Crippen molar-refractivity contribution in [3.05, 3.63) is 0 Å². The number of carboxylic acids is 1.